The second-order valence-electron chi connectivity index (χ2n) is 21.4. The van der Waals surface area contributed by atoms with Gasteiger partial charge in [0.05, 0.1) is 11.4 Å². The van der Waals surface area contributed by atoms with Gasteiger partial charge in [0, 0.05) is 25.2 Å². The Morgan fingerprint density at radius 1 is 0.346 bits per heavy atom. The molecule has 0 saturated carbocycles. The van der Waals surface area contributed by atoms with Gasteiger partial charge in [-0.1, -0.05) is 256 Å². The monoisotopic (exact) mass is 1070 g/mol. The van der Waals surface area contributed by atoms with Gasteiger partial charge < -0.3 is 30.3 Å². The SMILES string of the molecule is CCCCCCCCCCCCCCCCCCCCNC(=O)Oc1ccc(N=Nc2ccc(-c3ccc(N=Nc4ccc(OC(=O)NCCCCCCCCCCCCCCCCCCCC)cc4O)cc3)cc2)c(O)c1. The molecule has 0 bridgehead atoms. The second kappa shape index (κ2) is 43.1. The van der Waals surface area contributed by atoms with Gasteiger partial charge in [-0.25, -0.2) is 9.59 Å². The molecular formula is C66H100N6O6. The Morgan fingerprint density at radius 3 is 0.859 bits per heavy atom. The molecule has 0 heterocycles. The van der Waals surface area contributed by atoms with Crippen LogP contribution in [-0.4, -0.2) is 35.5 Å². The summed E-state index contributed by atoms with van der Waals surface area (Å²) in [6.45, 7) is 5.65. The average molecular weight is 1070 g/mol. The fourth-order valence-corrected chi connectivity index (χ4v) is 9.69. The summed E-state index contributed by atoms with van der Waals surface area (Å²) in [4.78, 5) is 24.8. The van der Waals surface area contributed by atoms with E-state index >= 15 is 0 Å². The van der Waals surface area contributed by atoms with E-state index in [0.29, 0.717) is 24.5 Å². The van der Waals surface area contributed by atoms with E-state index in [1.807, 2.05) is 48.5 Å². The average Bonchev–Trinajstić information content (AvgIpc) is 3.45. The Balaban J connectivity index is 1.02. The molecule has 0 radical (unpaired) electrons. The largest absolute Gasteiger partial charge is 0.505 e. The molecule has 0 unspecified atom stereocenters. The molecule has 4 N–H and O–H groups in total. The van der Waals surface area contributed by atoms with Crippen molar-refractivity contribution in [3.8, 4) is 34.1 Å². The Hall–Kier alpha value is -5.78. The zero-order valence-electron chi connectivity index (χ0n) is 48.3. The van der Waals surface area contributed by atoms with Crippen molar-refractivity contribution in [3.05, 3.63) is 84.9 Å². The van der Waals surface area contributed by atoms with Crippen LogP contribution in [0.25, 0.3) is 11.1 Å². The Kier molecular flexibility index (Phi) is 35.8. The summed E-state index contributed by atoms with van der Waals surface area (Å²) < 4.78 is 10.8. The summed E-state index contributed by atoms with van der Waals surface area (Å²) in [6, 6.07) is 24.0. The summed E-state index contributed by atoms with van der Waals surface area (Å²) in [6.07, 6.45) is 46.4. The molecule has 2 amide bonds. The summed E-state index contributed by atoms with van der Waals surface area (Å²) in [5, 5.41) is 43.7. The fraction of sp³-hybridized carbons (Fsp3) is 0.606. The molecule has 0 aliphatic heterocycles. The Labute approximate surface area is 470 Å². The zero-order valence-corrected chi connectivity index (χ0v) is 48.3. The summed E-state index contributed by atoms with van der Waals surface area (Å²) in [5.41, 5.74) is 3.58. The van der Waals surface area contributed by atoms with Crippen molar-refractivity contribution in [2.75, 3.05) is 13.1 Å². The quantitative estimate of drug-likeness (QED) is 0.0254. The van der Waals surface area contributed by atoms with Crippen LogP contribution >= 0.6 is 0 Å². The van der Waals surface area contributed by atoms with E-state index in [2.05, 4.69) is 44.9 Å². The predicted octanol–water partition coefficient (Wildman–Crippen LogP) is 21.9. The third kappa shape index (κ3) is 31.0. The van der Waals surface area contributed by atoms with Gasteiger partial charge in [0.15, 0.2) is 0 Å². The minimum atomic E-state index is -0.550. The maximum atomic E-state index is 12.4. The van der Waals surface area contributed by atoms with E-state index in [-0.39, 0.29) is 34.4 Å². The number of phenolic OH excluding ortho intramolecular Hbond substituents is 2. The first-order valence-corrected chi connectivity index (χ1v) is 31.0. The number of benzene rings is 4. The molecule has 0 atom stereocenters. The van der Waals surface area contributed by atoms with Crippen LogP contribution in [-0.2, 0) is 0 Å². The van der Waals surface area contributed by atoms with Gasteiger partial charge in [0.25, 0.3) is 0 Å². The minimum absolute atomic E-state index is 0.150. The highest BCUT2D eigenvalue weighted by atomic mass is 16.6. The summed E-state index contributed by atoms with van der Waals surface area (Å²) in [5.74, 6) is 0.143. The van der Waals surface area contributed by atoms with Gasteiger partial charge >= 0.3 is 12.2 Å². The molecule has 78 heavy (non-hydrogen) atoms. The van der Waals surface area contributed by atoms with Crippen molar-refractivity contribution in [1.29, 1.82) is 0 Å². The molecule has 12 heteroatoms. The van der Waals surface area contributed by atoms with Crippen molar-refractivity contribution in [1.82, 2.24) is 10.6 Å². The molecular weight excluding hydrogens is 973 g/mol. The number of unbranched alkanes of at least 4 members (excludes halogenated alkanes) is 34. The lowest BCUT2D eigenvalue weighted by Gasteiger charge is -2.08. The molecule has 0 aliphatic carbocycles. The highest BCUT2D eigenvalue weighted by Gasteiger charge is 2.10. The topological polar surface area (TPSA) is 167 Å². The first kappa shape index (κ1) is 64.7. The third-order valence-electron chi connectivity index (χ3n) is 14.5. The second-order valence-corrected chi connectivity index (χ2v) is 21.4. The Bertz CT molecular complexity index is 2080. The number of phenols is 2. The van der Waals surface area contributed by atoms with Crippen molar-refractivity contribution < 1.29 is 29.3 Å². The first-order valence-electron chi connectivity index (χ1n) is 31.0. The van der Waals surface area contributed by atoms with Crippen molar-refractivity contribution in [2.45, 2.75) is 245 Å². The third-order valence-corrected chi connectivity index (χ3v) is 14.5. The van der Waals surface area contributed by atoms with Gasteiger partial charge in [-0.15, -0.1) is 10.2 Å². The van der Waals surface area contributed by atoms with Gasteiger partial charge in [-0.2, -0.15) is 10.2 Å². The van der Waals surface area contributed by atoms with Crippen LogP contribution in [0.1, 0.15) is 245 Å². The number of azo groups is 2. The molecule has 0 aromatic heterocycles. The number of ether oxygens (including phenoxy) is 2. The lowest BCUT2D eigenvalue weighted by atomic mass is 10.0. The van der Waals surface area contributed by atoms with Gasteiger partial charge in [0.1, 0.15) is 34.4 Å². The lowest BCUT2D eigenvalue weighted by molar-refractivity contribution is 0.199. The van der Waals surface area contributed by atoms with Gasteiger partial charge in [-0.3, -0.25) is 0 Å². The van der Waals surface area contributed by atoms with Crippen molar-refractivity contribution >= 4 is 34.9 Å². The van der Waals surface area contributed by atoms with Crippen LogP contribution in [0.3, 0.4) is 0 Å². The van der Waals surface area contributed by atoms with E-state index in [1.54, 1.807) is 24.3 Å². The van der Waals surface area contributed by atoms with Gasteiger partial charge in [0.2, 0.25) is 0 Å². The number of amides is 2. The smallest absolute Gasteiger partial charge is 0.412 e. The first-order chi connectivity index (χ1) is 38.3. The molecule has 0 fully saturated rings. The molecule has 0 spiro atoms. The zero-order chi connectivity index (χ0) is 55.4. The minimum Gasteiger partial charge on any atom is -0.505 e. The summed E-state index contributed by atoms with van der Waals surface area (Å²) >= 11 is 0. The molecule has 4 aromatic carbocycles. The molecule has 0 saturated heterocycles. The number of carbonyl (C=O) groups is 2. The maximum Gasteiger partial charge on any atom is 0.412 e. The van der Waals surface area contributed by atoms with Crippen molar-refractivity contribution in [2.24, 2.45) is 20.5 Å². The fourth-order valence-electron chi connectivity index (χ4n) is 9.69. The maximum absolute atomic E-state index is 12.4. The Morgan fingerprint density at radius 2 is 0.603 bits per heavy atom. The number of rotatable bonds is 45. The lowest BCUT2D eigenvalue weighted by Crippen LogP contribution is -2.27. The number of carbonyl (C=O) groups excluding carboxylic acids is 2. The van der Waals surface area contributed by atoms with Crippen LogP contribution in [0.15, 0.2) is 105 Å². The number of aromatic hydroxyl groups is 2. The van der Waals surface area contributed by atoms with Crippen LogP contribution in [0.5, 0.6) is 23.0 Å². The van der Waals surface area contributed by atoms with Crippen molar-refractivity contribution in [3.63, 3.8) is 0 Å². The molecule has 4 rings (SSSR count). The number of nitrogens with zero attached hydrogens (tertiary/aromatic N) is 4. The normalized spacial score (nSPS) is 11.5. The predicted molar refractivity (Wildman–Crippen MR) is 322 cm³/mol. The number of nitrogens with one attached hydrogen (secondary N) is 2. The van der Waals surface area contributed by atoms with E-state index in [1.165, 1.54) is 218 Å². The highest BCUT2D eigenvalue weighted by Crippen LogP contribution is 2.34. The van der Waals surface area contributed by atoms with Crippen LogP contribution < -0.4 is 20.1 Å². The van der Waals surface area contributed by atoms with E-state index in [4.69, 9.17) is 9.47 Å². The van der Waals surface area contributed by atoms with E-state index < -0.39 is 12.2 Å². The molecule has 4 aromatic rings. The molecule has 12 nitrogen and oxygen atoms in total. The standard InChI is InChI=1S/C66H100N6O6/c1-3-5-7-9-11-13-15-17-19-21-23-25-27-29-31-33-35-37-51-67-65(75)77-59-47-49-61(63(73)53-59)71-69-57-43-39-55(40-44-57)56-41-45-58(46-42-56)70-72-62-50-48-60(54-64(62)74)78-66(76)68-52-38-36-34-32-30-28-26-24-22-20-18-16-14-12-10-8-6-4-2/h39-50,53-54,73-74H,3-38,51-52H2,1-2H3,(H,67,75)(H,68,76). The number of hydrogen-bond donors (Lipinski definition) is 4. The van der Waals surface area contributed by atoms with Crippen LogP contribution in [0.4, 0.5) is 32.3 Å². The molecule has 0 aliphatic rings. The number of hydrogen-bond acceptors (Lipinski definition) is 10. The van der Waals surface area contributed by atoms with E-state index in [0.717, 1.165) is 36.8 Å². The van der Waals surface area contributed by atoms with E-state index in [9.17, 15) is 19.8 Å². The molecule has 430 valence electrons. The summed E-state index contributed by atoms with van der Waals surface area (Å²) in [7, 11) is 0. The van der Waals surface area contributed by atoms with Crippen LogP contribution in [0.2, 0.25) is 0 Å². The van der Waals surface area contributed by atoms with Gasteiger partial charge in [-0.05, 0) is 72.5 Å². The highest BCUT2D eigenvalue weighted by molar-refractivity contribution is 5.72. The van der Waals surface area contributed by atoms with Crippen LogP contribution in [0, 0.1) is 0 Å².